The molecule has 118 valence electrons. The summed E-state index contributed by atoms with van der Waals surface area (Å²) in [6, 6.07) is -0.414. The zero-order valence-electron chi connectivity index (χ0n) is 13.6. The van der Waals surface area contributed by atoms with E-state index in [9.17, 15) is 4.79 Å². The first-order valence-corrected chi connectivity index (χ1v) is 7.69. The Kier molecular flexibility index (Phi) is 4.66. The summed E-state index contributed by atoms with van der Waals surface area (Å²) in [7, 11) is 0. The number of nitrogens with one attached hydrogen (secondary N) is 1. The standard InChI is InChI=1S/C15H26N4O2/c1-10(16-11(2)14(20)21-15(3,4)5)13-18-17-12-8-6-7-9-19(12)13/h10-11,16H,6-9H2,1-5H3/t10-,11+/m0/s1. The molecule has 1 N–H and O–H groups in total. The largest absolute Gasteiger partial charge is 0.459 e. The van der Waals surface area contributed by atoms with Gasteiger partial charge in [0.2, 0.25) is 0 Å². The van der Waals surface area contributed by atoms with Crippen LogP contribution < -0.4 is 5.32 Å². The van der Waals surface area contributed by atoms with Crippen molar-refractivity contribution in [3.05, 3.63) is 11.6 Å². The minimum absolute atomic E-state index is 0.0353. The Labute approximate surface area is 126 Å². The molecule has 6 heteroatoms. The average molecular weight is 294 g/mol. The van der Waals surface area contributed by atoms with Crippen LogP contribution in [0.4, 0.5) is 0 Å². The Bertz CT molecular complexity index is 504. The second-order valence-electron chi connectivity index (χ2n) is 6.73. The van der Waals surface area contributed by atoms with E-state index in [2.05, 4.69) is 20.1 Å². The van der Waals surface area contributed by atoms with Crippen molar-refractivity contribution >= 4 is 5.97 Å². The number of carbonyl (C=O) groups is 1. The molecule has 0 aliphatic carbocycles. The Morgan fingerprint density at radius 3 is 2.67 bits per heavy atom. The van der Waals surface area contributed by atoms with Gasteiger partial charge in [0.15, 0.2) is 0 Å². The molecule has 21 heavy (non-hydrogen) atoms. The summed E-state index contributed by atoms with van der Waals surface area (Å²) in [5, 5.41) is 11.8. The molecule has 2 heterocycles. The third-order valence-electron chi connectivity index (χ3n) is 3.54. The van der Waals surface area contributed by atoms with Gasteiger partial charge in [-0.25, -0.2) is 0 Å². The molecule has 0 saturated heterocycles. The molecule has 0 fully saturated rings. The van der Waals surface area contributed by atoms with Crippen LogP contribution in [-0.4, -0.2) is 32.4 Å². The van der Waals surface area contributed by atoms with Gasteiger partial charge in [-0.05, 0) is 47.5 Å². The number of aromatic nitrogens is 3. The summed E-state index contributed by atoms with van der Waals surface area (Å²) in [5.74, 6) is 1.71. The van der Waals surface area contributed by atoms with Crippen LogP contribution in [-0.2, 0) is 22.5 Å². The molecule has 0 bridgehead atoms. The molecular formula is C15H26N4O2. The zero-order valence-corrected chi connectivity index (χ0v) is 13.6. The van der Waals surface area contributed by atoms with Gasteiger partial charge in [-0.3, -0.25) is 10.1 Å². The van der Waals surface area contributed by atoms with E-state index in [1.54, 1.807) is 0 Å². The van der Waals surface area contributed by atoms with Gasteiger partial charge in [0.1, 0.15) is 23.3 Å². The minimum atomic E-state index is -0.468. The van der Waals surface area contributed by atoms with Crippen LogP contribution >= 0.6 is 0 Å². The molecule has 0 saturated carbocycles. The van der Waals surface area contributed by atoms with Crippen LogP contribution in [0.25, 0.3) is 0 Å². The first kappa shape index (κ1) is 15.9. The summed E-state index contributed by atoms with van der Waals surface area (Å²) in [6.45, 7) is 10.4. The number of hydrogen-bond donors (Lipinski definition) is 1. The molecule has 2 rings (SSSR count). The fraction of sp³-hybridized carbons (Fsp3) is 0.800. The van der Waals surface area contributed by atoms with Crippen molar-refractivity contribution in [2.24, 2.45) is 0 Å². The van der Waals surface area contributed by atoms with E-state index in [1.165, 1.54) is 6.42 Å². The van der Waals surface area contributed by atoms with Crippen molar-refractivity contribution in [1.82, 2.24) is 20.1 Å². The van der Waals surface area contributed by atoms with Crippen molar-refractivity contribution in [2.75, 3.05) is 0 Å². The summed E-state index contributed by atoms with van der Waals surface area (Å²) < 4.78 is 7.56. The second kappa shape index (κ2) is 6.13. The maximum Gasteiger partial charge on any atom is 0.323 e. The Balaban J connectivity index is 1.99. The summed E-state index contributed by atoms with van der Waals surface area (Å²) in [4.78, 5) is 12.0. The molecule has 1 aromatic rings. The Morgan fingerprint density at radius 1 is 1.29 bits per heavy atom. The molecule has 1 aromatic heterocycles. The molecule has 0 spiro atoms. The number of rotatable bonds is 4. The predicted octanol–water partition coefficient (Wildman–Crippen LogP) is 2.00. The van der Waals surface area contributed by atoms with Crippen LogP contribution in [0.5, 0.6) is 0 Å². The van der Waals surface area contributed by atoms with Crippen molar-refractivity contribution in [2.45, 2.75) is 78.1 Å². The molecule has 6 nitrogen and oxygen atoms in total. The first-order valence-electron chi connectivity index (χ1n) is 7.69. The molecule has 0 amide bonds. The maximum absolute atomic E-state index is 12.0. The summed E-state index contributed by atoms with van der Waals surface area (Å²) in [6.07, 6.45) is 3.32. The van der Waals surface area contributed by atoms with E-state index in [0.717, 1.165) is 31.0 Å². The lowest BCUT2D eigenvalue weighted by Gasteiger charge is -2.25. The van der Waals surface area contributed by atoms with Gasteiger partial charge in [-0.1, -0.05) is 0 Å². The van der Waals surface area contributed by atoms with Crippen molar-refractivity contribution in [3.63, 3.8) is 0 Å². The second-order valence-corrected chi connectivity index (χ2v) is 6.73. The highest BCUT2D eigenvalue weighted by molar-refractivity contribution is 5.75. The zero-order chi connectivity index (χ0) is 15.6. The van der Waals surface area contributed by atoms with Gasteiger partial charge >= 0.3 is 5.97 Å². The van der Waals surface area contributed by atoms with Crippen molar-refractivity contribution in [3.8, 4) is 0 Å². The maximum atomic E-state index is 12.0. The molecule has 0 aromatic carbocycles. The fourth-order valence-electron chi connectivity index (χ4n) is 2.56. The minimum Gasteiger partial charge on any atom is -0.459 e. The molecule has 0 unspecified atom stereocenters. The van der Waals surface area contributed by atoms with Crippen LogP contribution in [0.1, 0.15) is 65.2 Å². The Morgan fingerprint density at radius 2 is 2.00 bits per heavy atom. The highest BCUT2D eigenvalue weighted by Gasteiger charge is 2.26. The van der Waals surface area contributed by atoms with E-state index in [1.807, 2.05) is 34.6 Å². The molecule has 2 atom stereocenters. The third kappa shape index (κ3) is 4.03. The van der Waals surface area contributed by atoms with Crippen LogP contribution in [0, 0.1) is 0 Å². The monoisotopic (exact) mass is 294 g/mol. The Hall–Kier alpha value is -1.43. The van der Waals surface area contributed by atoms with Gasteiger partial charge in [0.05, 0.1) is 6.04 Å². The van der Waals surface area contributed by atoms with Crippen molar-refractivity contribution in [1.29, 1.82) is 0 Å². The number of esters is 1. The van der Waals surface area contributed by atoms with Gasteiger partial charge in [0, 0.05) is 13.0 Å². The van der Waals surface area contributed by atoms with Gasteiger partial charge < -0.3 is 9.30 Å². The number of ether oxygens (including phenoxy) is 1. The first-order chi connectivity index (χ1) is 9.78. The highest BCUT2D eigenvalue weighted by atomic mass is 16.6. The van der Waals surface area contributed by atoms with E-state index >= 15 is 0 Å². The lowest BCUT2D eigenvalue weighted by Crippen LogP contribution is -2.41. The van der Waals surface area contributed by atoms with E-state index < -0.39 is 5.60 Å². The fourth-order valence-corrected chi connectivity index (χ4v) is 2.56. The highest BCUT2D eigenvalue weighted by Crippen LogP contribution is 2.19. The molecule has 1 aliphatic heterocycles. The van der Waals surface area contributed by atoms with Gasteiger partial charge in [-0.15, -0.1) is 10.2 Å². The number of aryl methyl sites for hydroxylation is 1. The van der Waals surface area contributed by atoms with Crippen LogP contribution in [0.2, 0.25) is 0 Å². The molecule has 1 aliphatic rings. The van der Waals surface area contributed by atoms with E-state index in [4.69, 9.17) is 4.74 Å². The summed E-state index contributed by atoms with van der Waals surface area (Å²) >= 11 is 0. The number of hydrogen-bond acceptors (Lipinski definition) is 5. The third-order valence-corrected chi connectivity index (χ3v) is 3.54. The van der Waals surface area contributed by atoms with Gasteiger partial charge in [-0.2, -0.15) is 0 Å². The summed E-state index contributed by atoms with van der Waals surface area (Å²) in [5.41, 5.74) is -0.468. The smallest absolute Gasteiger partial charge is 0.323 e. The SMILES string of the molecule is C[C@H](N[C@H](C)C(=O)OC(C)(C)C)c1nnc2n1CCCC2. The number of nitrogens with zero attached hydrogens (tertiary/aromatic N) is 3. The predicted molar refractivity (Wildman–Crippen MR) is 79.8 cm³/mol. The topological polar surface area (TPSA) is 69.0 Å². The number of fused-ring (bicyclic) bond motifs is 1. The number of carbonyl (C=O) groups excluding carboxylic acids is 1. The lowest BCUT2D eigenvalue weighted by molar-refractivity contribution is -0.157. The lowest BCUT2D eigenvalue weighted by atomic mass is 10.1. The quantitative estimate of drug-likeness (QED) is 0.860. The van der Waals surface area contributed by atoms with Crippen LogP contribution in [0.15, 0.2) is 0 Å². The molecular weight excluding hydrogens is 268 g/mol. The van der Waals surface area contributed by atoms with Gasteiger partial charge in [0.25, 0.3) is 0 Å². The normalized spacial score (nSPS) is 18.0. The van der Waals surface area contributed by atoms with Crippen molar-refractivity contribution < 1.29 is 9.53 Å². The van der Waals surface area contributed by atoms with E-state index in [-0.39, 0.29) is 18.1 Å². The van der Waals surface area contributed by atoms with E-state index in [0.29, 0.717) is 0 Å². The molecule has 0 radical (unpaired) electrons. The average Bonchev–Trinajstić information content (AvgIpc) is 2.80. The van der Waals surface area contributed by atoms with Crippen LogP contribution in [0.3, 0.4) is 0 Å².